The predicted octanol–water partition coefficient (Wildman–Crippen LogP) is 3.54. The zero-order valence-electron chi connectivity index (χ0n) is 15.3. The largest absolute Gasteiger partial charge is 0.487 e. The third-order valence-corrected chi connectivity index (χ3v) is 3.79. The Bertz CT molecular complexity index is 656. The Morgan fingerprint density at radius 1 is 1.15 bits per heavy atom. The zero-order chi connectivity index (χ0) is 17.4. The van der Waals surface area contributed by atoms with Crippen LogP contribution in [0.2, 0.25) is 0 Å². The lowest BCUT2D eigenvalue weighted by Gasteiger charge is -2.18. The van der Waals surface area contributed by atoms with E-state index in [0.717, 1.165) is 17.0 Å². The molecule has 0 spiro atoms. The first-order valence-corrected chi connectivity index (χ1v) is 8.17. The highest BCUT2D eigenvalue weighted by atomic mass is 35.5. The van der Waals surface area contributed by atoms with Gasteiger partial charge in [-0.3, -0.25) is 9.78 Å². The van der Waals surface area contributed by atoms with Crippen molar-refractivity contribution in [1.82, 2.24) is 15.6 Å². The molecular weight excluding hydrogens is 373 g/mol. The summed E-state index contributed by atoms with van der Waals surface area (Å²) >= 11 is 0. The number of nitrogens with zero attached hydrogens (tertiary/aromatic N) is 1. The van der Waals surface area contributed by atoms with Gasteiger partial charge in [0.1, 0.15) is 12.4 Å². The van der Waals surface area contributed by atoms with Crippen LogP contribution in [0.1, 0.15) is 31.1 Å². The smallest absolute Gasteiger partial charge is 0.224 e. The van der Waals surface area contributed by atoms with E-state index in [4.69, 9.17) is 4.74 Å². The Morgan fingerprint density at radius 2 is 1.92 bits per heavy atom. The second kappa shape index (κ2) is 12.5. The molecule has 0 saturated heterocycles. The predicted molar refractivity (Wildman–Crippen MR) is 109 cm³/mol. The molecule has 1 aromatic heterocycles. The average molecular weight is 400 g/mol. The summed E-state index contributed by atoms with van der Waals surface area (Å²) in [4.78, 5) is 16.4. The van der Waals surface area contributed by atoms with Crippen LogP contribution in [0.25, 0.3) is 0 Å². The van der Waals surface area contributed by atoms with E-state index in [1.807, 2.05) is 63.4 Å². The molecule has 0 saturated carbocycles. The number of carbonyl (C=O) groups is 1. The number of hydrogen-bond donors (Lipinski definition) is 2. The van der Waals surface area contributed by atoms with Crippen LogP contribution in [0.3, 0.4) is 0 Å². The van der Waals surface area contributed by atoms with Gasteiger partial charge in [-0.2, -0.15) is 0 Å². The Labute approximate surface area is 167 Å². The van der Waals surface area contributed by atoms with Gasteiger partial charge in [0.25, 0.3) is 0 Å². The van der Waals surface area contributed by atoms with E-state index in [2.05, 4.69) is 15.6 Å². The van der Waals surface area contributed by atoms with Gasteiger partial charge in [0.2, 0.25) is 5.91 Å². The van der Waals surface area contributed by atoms with Crippen molar-refractivity contribution >= 4 is 30.7 Å². The molecule has 144 valence electrons. The van der Waals surface area contributed by atoms with Gasteiger partial charge in [-0.25, -0.2) is 0 Å². The van der Waals surface area contributed by atoms with Crippen molar-refractivity contribution < 1.29 is 9.53 Å². The molecule has 5 nitrogen and oxygen atoms in total. The van der Waals surface area contributed by atoms with E-state index in [0.29, 0.717) is 13.2 Å². The quantitative estimate of drug-likeness (QED) is 0.712. The maximum Gasteiger partial charge on any atom is 0.224 e. The van der Waals surface area contributed by atoms with Crippen molar-refractivity contribution in [3.63, 3.8) is 0 Å². The third-order valence-electron chi connectivity index (χ3n) is 3.79. The molecule has 2 N–H and O–H groups in total. The number of benzene rings is 1. The standard InChI is InChI=1S/C19H25N3O2.2ClH/c1-14(12-20-3)19(23)22-15(2)16-7-6-9-18(11-16)24-13-17-8-4-5-10-21-17;;/h4-11,14-15,20H,12-13H2,1-3H3,(H,22,23);2*1H. The minimum absolute atomic E-state index is 0. The Kier molecular flexibility index (Phi) is 11.6. The minimum Gasteiger partial charge on any atom is -0.487 e. The van der Waals surface area contributed by atoms with Gasteiger partial charge in [-0.05, 0) is 43.8 Å². The van der Waals surface area contributed by atoms with Crippen molar-refractivity contribution in [2.45, 2.75) is 26.5 Å². The molecule has 2 aromatic rings. The van der Waals surface area contributed by atoms with Gasteiger partial charge in [0.15, 0.2) is 0 Å². The lowest BCUT2D eigenvalue weighted by atomic mass is 10.1. The van der Waals surface area contributed by atoms with Crippen LogP contribution < -0.4 is 15.4 Å². The third kappa shape index (κ3) is 7.60. The maximum absolute atomic E-state index is 12.1. The maximum atomic E-state index is 12.1. The van der Waals surface area contributed by atoms with Crippen LogP contribution in [0.4, 0.5) is 0 Å². The Morgan fingerprint density at radius 3 is 2.58 bits per heavy atom. The molecule has 0 radical (unpaired) electrons. The number of nitrogens with one attached hydrogen (secondary N) is 2. The van der Waals surface area contributed by atoms with Gasteiger partial charge in [-0.15, -0.1) is 24.8 Å². The molecule has 1 amide bonds. The van der Waals surface area contributed by atoms with Gasteiger partial charge in [-0.1, -0.05) is 25.1 Å². The number of amides is 1. The minimum atomic E-state index is -0.0739. The van der Waals surface area contributed by atoms with Crippen LogP contribution in [0.5, 0.6) is 5.75 Å². The SMILES string of the molecule is CNCC(C)C(=O)NC(C)c1cccc(OCc2ccccn2)c1.Cl.Cl. The first kappa shape index (κ1) is 24.2. The molecule has 2 atom stereocenters. The molecule has 0 aliphatic rings. The van der Waals surface area contributed by atoms with Crippen molar-refractivity contribution in [2.24, 2.45) is 5.92 Å². The molecule has 0 aliphatic carbocycles. The second-order valence-electron chi connectivity index (χ2n) is 5.87. The van der Waals surface area contributed by atoms with Crippen LogP contribution in [-0.2, 0) is 11.4 Å². The van der Waals surface area contributed by atoms with Crippen molar-refractivity contribution in [3.8, 4) is 5.75 Å². The number of halogens is 2. The van der Waals surface area contributed by atoms with Gasteiger partial charge < -0.3 is 15.4 Å². The lowest BCUT2D eigenvalue weighted by molar-refractivity contribution is -0.125. The molecule has 2 rings (SSSR count). The van der Waals surface area contributed by atoms with E-state index >= 15 is 0 Å². The zero-order valence-corrected chi connectivity index (χ0v) is 16.9. The molecule has 7 heteroatoms. The number of aromatic nitrogens is 1. The summed E-state index contributed by atoms with van der Waals surface area (Å²) in [5, 5.41) is 6.05. The summed E-state index contributed by atoms with van der Waals surface area (Å²) < 4.78 is 5.79. The van der Waals surface area contributed by atoms with Crippen molar-refractivity contribution in [2.75, 3.05) is 13.6 Å². The van der Waals surface area contributed by atoms with Gasteiger partial charge in [0.05, 0.1) is 11.7 Å². The Balaban J connectivity index is 0.00000312. The number of pyridine rings is 1. The number of carbonyl (C=O) groups excluding carboxylic acids is 1. The van der Waals surface area contributed by atoms with E-state index in [9.17, 15) is 4.79 Å². The fourth-order valence-corrected chi connectivity index (χ4v) is 2.35. The summed E-state index contributed by atoms with van der Waals surface area (Å²) in [7, 11) is 1.84. The summed E-state index contributed by atoms with van der Waals surface area (Å²) in [6.45, 7) is 4.96. The van der Waals surface area contributed by atoms with Crippen LogP contribution in [-0.4, -0.2) is 24.5 Å². The number of rotatable bonds is 8. The molecule has 26 heavy (non-hydrogen) atoms. The molecule has 0 fully saturated rings. The van der Waals surface area contributed by atoms with Crippen LogP contribution >= 0.6 is 24.8 Å². The lowest BCUT2D eigenvalue weighted by Crippen LogP contribution is -2.35. The van der Waals surface area contributed by atoms with E-state index in [1.54, 1.807) is 6.20 Å². The normalized spacial score (nSPS) is 12.1. The Hall–Kier alpha value is -1.82. The molecular formula is C19H27Cl2N3O2. The van der Waals surface area contributed by atoms with Gasteiger partial charge >= 0.3 is 0 Å². The highest BCUT2D eigenvalue weighted by Crippen LogP contribution is 2.20. The van der Waals surface area contributed by atoms with Gasteiger partial charge in [0, 0.05) is 18.7 Å². The molecule has 0 aliphatic heterocycles. The first-order valence-electron chi connectivity index (χ1n) is 8.17. The highest BCUT2D eigenvalue weighted by Gasteiger charge is 2.15. The first-order chi connectivity index (χ1) is 11.6. The number of ether oxygens (including phenoxy) is 1. The monoisotopic (exact) mass is 399 g/mol. The molecule has 1 aromatic carbocycles. The topological polar surface area (TPSA) is 63.2 Å². The summed E-state index contributed by atoms with van der Waals surface area (Å²) in [5.74, 6) is 0.736. The summed E-state index contributed by atoms with van der Waals surface area (Å²) in [6, 6.07) is 13.5. The summed E-state index contributed by atoms with van der Waals surface area (Å²) in [6.07, 6.45) is 1.75. The second-order valence-corrected chi connectivity index (χ2v) is 5.87. The molecule has 0 bridgehead atoms. The fourth-order valence-electron chi connectivity index (χ4n) is 2.35. The van der Waals surface area contributed by atoms with E-state index in [-0.39, 0.29) is 42.7 Å². The van der Waals surface area contributed by atoms with Crippen LogP contribution in [0.15, 0.2) is 48.7 Å². The highest BCUT2D eigenvalue weighted by molar-refractivity contribution is 5.85. The van der Waals surface area contributed by atoms with E-state index in [1.165, 1.54) is 0 Å². The molecule has 1 heterocycles. The summed E-state index contributed by atoms with van der Waals surface area (Å²) in [5.41, 5.74) is 1.89. The van der Waals surface area contributed by atoms with Crippen molar-refractivity contribution in [3.05, 3.63) is 59.9 Å². The van der Waals surface area contributed by atoms with Crippen molar-refractivity contribution in [1.29, 1.82) is 0 Å². The average Bonchev–Trinajstić information content (AvgIpc) is 2.61. The molecule has 2 unspecified atom stereocenters. The fraction of sp³-hybridized carbons (Fsp3) is 0.368. The van der Waals surface area contributed by atoms with E-state index < -0.39 is 0 Å². The van der Waals surface area contributed by atoms with Crippen LogP contribution in [0, 0.1) is 5.92 Å². The number of hydrogen-bond acceptors (Lipinski definition) is 4.